The summed E-state index contributed by atoms with van der Waals surface area (Å²) in [6, 6.07) is 7.93. The molecule has 1 atom stereocenters. The second-order valence-electron chi connectivity index (χ2n) is 2.94. The number of rotatable bonds is 1. The van der Waals surface area contributed by atoms with Crippen LogP contribution in [-0.2, 0) is 0 Å². The number of hydrogen-bond donors (Lipinski definition) is 1. The topological polar surface area (TPSA) is 50.7 Å². The smallest absolute Gasteiger partial charge is 0.102 e. The third-order valence-corrected chi connectivity index (χ3v) is 1.99. The van der Waals surface area contributed by atoms with Crippen LogP contribution in [-0.4, -0.2) is 12.6 Å². The normalized spacial score (nSPS) is 19.6. The van der Waals surface area contributed by atoms with Crippen molar-refractivity contribution in [2.24, 2.45) is 16.0 Å². The van der Waals surface area contributed by atoms with Crippen LogP contribution in [0.25, 0.3) is 6.08 Å². The summed E-state index contributed by atoms with van der Waals surface area (Å²) in [4.78, 5) is 0. The molecule has 13 heavy (non-hydrogen) atoms. The molecule has 0 fully saturated rings. The zero-order valence-corrected chi connectivity index (χ0v) is 7.22. The number of nitrogens with zero attached hydrogens (tertiary/aromatic N) is 2. The van der Waals surface area contributed by atoms with Gasteiger partial charge in [0, 0.05) is 12.1 Å². The van der Waals surface area contributed by atoms with Gasteiger partial charge in [-0.15, -0.1) is 0 Å². The molecule has 1 aromatic carbocycles. The molecule has 1 aromatic rings. The SMILES string of the molecule is NCC1C=Cc2ccccc2N=N1. The minimum atomic E-state index is 0.0207. The fourth-order valence-corrected chi connectivity index (χ4v) is 1.23. The molecule has 0 saturated heterocycles. The van der Waals surface area contributed by atoms with E-state index in [-0.39, 0.29) is 6.04 Å². The van der Waals surface area contributed by atoms with Crippen molar-refractivity contribution in [2.75, 3.05) is 6.54 Å². The summed E-state index contributed by atoms with van der Waals surface area (Å²) in [6.45, 7) is 0.508. The first-order valence-corrected chi connectivity index (χ1v) is 4.28. The Bertz CT molecular complexity index is 322. The second-order valence-corrected chi connectivity index (χ2v) is 2.94. The zero-order valence-electron chi connectivity index (χ0n) is 7.22. The minimum absolute atomic E-state index is 0.0207. The van der Waals surface area contributed by atoms with Crippen LogP contribution in [0.15, 0.2) is 40.6 Å². The van der Waals surface area contributed by atoms with Crippen LogP contribution in [0.5, 0.6) is 0 Å². The van der Waals surface area contributed by atoms with E-state index in [9.17, 15) is 0 Å². The lowest BCUT2D eigenvalue weighted by molar-refractivity contribution is 0.783. The van der Waals surface area contributed by atoms with E-state index in [1.165, 1.54) is 0 Å². The Morgan fingerprint density at radius 1 is 1.31 bits per heavy atom. The van der Waals surface area contributed by atoms with Gasteiger partial charge in [0.2, 0.25) is 0 Å². The first kappa shape index (κ1) is 8.13. The minimum Gasteiger partial charge on any atom is -0.328 e. The average molecular weight is 173 g/mol. The highest BCUT2D eigenvalue weighted by molar-refractivity contribution is 5.64. The molecule has 0 aliphatic carbocycles. The van der Waals surface area contributed by atoms with Crippen LogP contribution >= 0.6 is 0 Å². The van der Waals surface area contributed by atoms with Crippen molar-refractivity contribution in [2.45, 2.75) is 6.04 Å². The van der Waals surface area contributed by atoms with E-state index in [0.29, 0.717) is 6.54 Å². The van der Waals surface area contributed by atoms with Crippen molar-refractivity contribution >= 4 is 11.8 Å². The first-order chi connectivity index (χ1) is 6.40. The molecule has 2 rings (SSSR count). The lowest BCUT2D eigenvalue weighted by atomic mass is 10.1. The fraction of sp³-hybridized carbons (Fsp3) is 0.200. The molecular weight excluding hydrogens is 162 g/mol. The Labute approximate surface area is 77.0 Å². The van der Waals surface area contributed by atoms with Gasteiger partial charge in [-0.2, -0.15) is 10.2 Å². The van der Waals surface area contributed by atoms with Crippen LogP contribution in [0.1, 0.15) is 5.56 Å². The van der Waals surface area contributed by atoms with E-state index in [1.54, 1.807) is 0 Å². The first-order valence-electron chi connectivity index (χ1n) is 4.28. The highest BCUT2D eigenvalue weighted by atomic mass is 15.1. The summed E-state index contributed by atoms with van der Waals surface area (Å²) in [7, 11) is 0. The molecule has 1 aliphatic heterocycles. The van der Waals surface area contributed by atoms with Crippen LogP contribution < -0.4 is 5.73 Å². The van der Waals surface area contributed by atoms with Gasteiger partial charge in [-0.25, -0.2) is 0 Å². The molecule has 0 amide bonds. The maximum atomic E-state index is 5.50. The van der Waals surface area contributed by atoms with E-state index in [2.05, 4.69) is 10.2 Å². The number of nitrogens with two attached hydrogens (primary N) is 1. The standard InChI is InChI=1S/C10H11N3/c11-7-9-6-5-8-3-1-2-4-10(8)13-12-9/h1-6,9H,7,11H2. The quantitative estimate of drug-likeness (QED) is 0.694. The van der Waals surface area contributed by atoms with Gasteiger partial charge in [0.05, 0.1) is 5.69 Å². The van der Waals surface area contributed by atoms with E-state index in [1.807, 2.05) is 36.4 Å². The van der Waals surface area contributed by atoms with Crippen molar-refractivity contribution in [1.82, 2.24) is 0 Å². The van der Waals surface area contributed by atoms with Gasteiger partial charge >= 0.3 is 0 Å². The third kappa shape index (κ3) is 1.65. The molecule has 0 bridgehead atoms. The van der Waals surface area contributed by atoms with Crippen molar-refractivity contribution in [3.63, 3.8) is 0 Å². The number of azo groups is 1. The Morgan fingerprint density at radius 3 is 3.00 bits per heavy atom. The van der Waals surface area contributed by atoms with Crippen molar-refractivity contribution < 1.29 is 0 Å². The van der Waals surface area contributed by atoms with E-state index in [0.717, 1.165) is 11.3 Å². The summed E-state index contributed by atoms with van der Waals surface area (Å²) in [6.07, 6.45) is 4.00. The Hall–Kier alpha value is -1.48. The van der Waals surface area contributed by atoms with Crippen LogP contribution in [0.2, 0.25) is 0 Å². The van der Waals surface area contributed by atoms with E-state index in [4.69, 9.17) is 5.73 Å². The summed E-state index contributed by atoms with van der Waals surface area (Å²) >= 11 is 0. The predicted molar refractivity (Wildman–Crippen MR) is 52.8 cm³/mol. The molecule has 1 heterocycles. The van der Waals surface area contributed by atoms with Crippen molar-refractivity contribution in [1.29, 1.82) is 0 Å². The summed E-state index contributed by atoms with van der Waals surface area (Å²) < 4.78 is 0. The Morgan fingerprint density at radius 2 is 2.15 bits per heavy atom. The molecular formula is C10H11N3. The highest BCUT2D eigenvalue weighted by Crippen LogP contribution is 2.23. The van der Waals surface area contributed by atoms with Gasteiger partial charge < -0.3 is 5.73 Å². The highest BCUT2D eigenvalue weighted by Gasteiger charge is 2.05. The second kappa shape index (κ2) is 3.49. The van der Waals surface area contributed by atoms with Gasteiger partial charge in [0.25, 0.3) is 0 Å². The van der Waals surface area contributed by atoms with Crippen molar-refractivity contribution in [3.05, 3.63) is 35.9 Å². The molecule has 3 heteroatoms. The summed E-state index contributed by atoms with van der Waals surface area (Å²) in [5.41, 5.74) is 7.51. The van der Waals surface area contributed by atoms with Gasteiger partial charge in [-0.1, -0.05) is 30.4 Å². The number of fused-ring (bicyclic) bond motifs is 1. The summed E-state index contributed by atoms with van der Waals surface area (Å²) in [5.74, 6) is 0. The van der Waals surface area contributed by atoms with Crippen LogP contribution in [0.4, 0.5) is 5.69 Å². The van der Waals surface area contributed by atoms with Crippen LogP contribution in [0.3, 0.4) is 0 Å². The molecule has 0 aromatic heterocycles. The van der Waals surface area contributed by atoms with Crippen LogP contribution in [0, 0.1) is 0 Å². The van der Waals surface area contributed by atoms with E-state index >= 15 is 0 Å². The van der Waals surface area contributed by atoms with Gasteiger partial charge in [0.1, 0.15) is 6.04 Å². The lowest BCUT2D eigenvalue weighted by Crippen LogP contribution is -2.14. The van der Waals surface area contributed by atoms with Gasteiger partial charge in [0.15, 0.2) is 0 Å². The number of benzene rings is 1. The van der Waals surface area contributed by atoms with E-state index < -0.39 is 0 Å². The fourth-order valence-electron chi connectivity index (χ4n) is 1.23. The third-order valence-electron chi connectivity index (χ3n) is 1.99. The molecule has 1 aliphatic rings. The maximum Gasteiger partial charge on any atom is 0.102 e. The van der Waals surface area contributed by atoms with Gasteiger partial charge in [-0.05, 0) is 6.07 Å². The van der Waals surface area contributed by atoms with Crippen molar-refractivity contribution in [3.8, 4) is 0 Å². The molecule has 66 valence electrons. The van der Waals surface area contributed by atoms with Gasteiger partial charge in [-0.3, -0.25) is 0 Å². The molecule has 0 spiro atoms. The molecule has 3 nitrogen and oxygen atoms in total. The molecule has 1 unspecified atom stereocenters. The Kier molecular flexibility index (Phi) is 2.19. The largest absolute Gasteiger partial charge is 0.328 e. The predicted octanol–water partition coefficient (Wildman–Crippen LogP) is 2.12. The Balaban J connectivity index is 2.41. The molecule has 0 radical (unpaired) electrons. The zero-order chi connectivity index (χ0) is 9.10. The average Bonchev–Trinajstić information content (AvgIpc) is 2.39. The maximum absolute atomic E-state index is 5.50. The summed E-state index contributed by atoms with van der Waals surface area (Å²) in [5, 5.41) is 8.22. The monoisotopic (exact) mass is 173 g/mol. The lowest BCUT2D eigenvalue weighted by Gasteiger charge is -1.96. The number of hydrogen-bond acceptors (Lipinski definition) is 3. The molecule has 2 N–H and O–H groups in total. The molecule has 0 saturated carbocycles.